The summed E-state index contributed by atoms with van der Waals surface area (Å²) in [5.74, 6) is 0.343. The van der Waals surface area contributed by atoms with Gasteiger partial charge in [0.15, 0.2) is 6.61 Å². The van der Waals surface area contributed by atoms with E-state index in [2.05, 4.69) is 26.8 Å². The fourth-order valence-electron chi connectivity index (χ4n) is 2.39. The van der Waals surface area contributed by atoms with Crippen LogP contribution in [0.1, 0.15) is 21.5 Å². The van der Waals surface area contributed by atoms with E-state index in [1.54, 1.807) is 25.3 Å². The van der Waals surface area contributed by atoms with E-state index in [0.717, 1.165) is 11.1 Å². The summed E-state index contributed by atoms with van der Waals surface area (Å²) >= 11 is 3.36. The van der Waals surface area contributed by atoms with Crippen LogP contribution in [-0.4, -0.2) is 38.7 Å². The minimum Gasteiger partial charge on any atom is -0.490 e. The highest BCUT2D eigenvalue weighted by atomic mass is 79.9. The third-order valence-corrected chi connectivity index (χ3v) is 4.43. The number of rotatable bonds is 8. The number of carbonyl (C=O) groups excluding carboxylic acids is 2. The third-order valence-electron chi connectivity index (χ3n) is 3.81. The minimum absolute atomic E-state index is 0.206. The summed E-state index contributed by atoms with van der Waals surface area (Å²) in [4.78, 5) is 24.2. The number of amides is 2. The summed E-state index contributed by atoms with van der Waals surface area (Å²) < 4.78 is 16.6. The van der Waals surface area contributed by atoms with Crippen LogP contribution in [0, 0.1) is 13.8 Å². The van der Waals surface area contributed by atoms with Gasteiger partial charge in [-0.1, -0.05) is 18.2 Å². The number of aryl methyl sites for hydroxylation is 2. The number of methoxy groups -OCH3 is 1. The monoisotopic (exact) mass is 450 g/mol. The lowest BCUT2D eigenvalue weighted by atomic mass is 10.1. The van der Waals surface area contributed by atoms with Gasteiger partial charge in [0.25, 0.3) is 11.8 Å². The summed E-state index contributed by atoms with van der Waals surface area (Å²) in [5, 5.41) is 0. The largest absolute Gasteiger partial charge is 0.490 e. The molecule has 0 heterocycles. The number of ether oxygens (including phenoxy) is 3. The van der Waals surface area contributed by atoms with Crippen molar-refractivity contribution in [2.24, 2.45) is 0 Å². The zero-order chi connectivity index (χ0) is 20.5. The van der Waals surface area contributed by atoms with Crippen molar-refractivity contribution in [3.05, 3.63) is 57.6 Å². The third kappa shape index (κ3) is 6.24. The quantitative estimate of drug-likeness (QED) is 0.476. The molecule has 7 nitrogen and oxygen atoms in total. The highest BCUT2D eigenvalue weighted by molar-refractivity contribution is 9.10. The number of nitrogens with one attached hydrogen (secondary N) is 2. The molecule has 0 aromatic heterocycles. The van der Waals surface area contributed by atoms with E-state index in [9.17, 15) is 9.59 Å². The lowest BCUT2D eigenvalue weighted by Crippen LogP contribution is -2.43. The van der Waals surface area contributed by atoms with E-state index in [-0.39, 0.29) is 6.61 Å². The Labute approximate surface area is 172 Å². The molecule has 0 unspecified atom stereocenters. The SMILES string of the molecule is COCCOc1ccc(C(=O)NNC(=O)COc2c(C)cccc2C)cc1Br. The van der Waals surface area contributed by atoms with E-state index in [0.29, 0.717) is 34.7 Å². The standard InChI is InChI=1S/C20H23BrN2O5/c1-13-5-4-6-14(2)19(13)28-12-18(24)22-23-20(25)15-7-8-17(16(21)11-15)27-10-9-26-3/h4-8,11H,9-10,12H2,1-3H3,(H,22,24)(H,23,25). The lowest BCUT2D eigenvalue weighted by molar-refractivity contribution is -0.123. The number of hydrogen-bond acceptors (Lipinski definition) is 5. The molecule has 150 valence electrons. The van der Waals surface area contributed by atoms with Crippen molar-refractivity contribution >= 4 is 27.7 Å². The molecule has 0 radical (unpaired) electrons. The van der Waals surface area contributed by atoms with Crippen LogP contribution in [0.25, 0.3) is 0 Å². The molecule has 0 aliphatic rings. The molecule has 0 atom stereocenters. The van der Waals surface area contributed by atoms with Gasteiger partial charge in [0.05, 0.1) is 11.1 Å². The maximum Gasteiger partial charge on any atom is 0.276 e. The molecular formula is C20H23BrN2O5. The Balaban J connectivity index is 1.84. The molecule has 0 spiro atoms. The summed E-state index contributed by atoms with van der Waals surface area (Å²) in [5.41, 5.74) is 6.94. The fraction of sp³-hybridized carbons (Fsp3) is 0.300. The van der Waals surface area contributed by atoms with Crippen LogP contribution >= 0.6 is 15.9 Å². The highest BCUT2D eigenvalue weighted by Crippen LogP contribution is 2.26. The van der Waals surface area contributed by atoms with E-state index >= 15 is 0 Å². The van der Waals surface area contributed by atoms with E-state index in [4.69, 9.17) is 14.2 Å². The molecule has 28 heavy (non-hydrogen) atoms. The minimum atomic E-state index is -0.463. The maximum atomic E-state index is 12.2. The molecule has 0 bridgehead atoms. The van der Waals surface area contributed by atoms with Gasteiger partial charge in [-0.15, -0.1) is 0 Å². The van der Waals surface area contributed by atoms with Crippen molar-refractivity contribution in [1.29, 1.82) is 0 Å². The van der Waals surface area contributed by atoms with Gasteiger partial charge < -0.3 is 14.2 Å². The van der Waals surface area contributed by atoms with Crippen molar-refractivity contribution in [2.75, 3.05) is 26.9 Å². The second-order valence-corrected chi connectivity index (χ2v) is 6.85. The first-order chi connectivity index (χ1) is 13.4. The smallest absolute Gasteiger partial charge is 0.276 e. The van der Waals surface area contributed by atoms with Crippen molar-refractivity contribution in [2.45, 2.75) is 13.8 Å². The molecule has 2 rings (SSSR count). The van der Waals surface area contributed by atoms with Gasteiger partial charge in [-0.3, -0.25) is 20.4 Å². The number of benzene rings is 2. The molecule has 0 saturated heterocycles. The van der Waals surface area contributed by atoms with Crippen LogP contribution in [0.5, 0.6) is 11.5 Å². The first-order valence-electron chi connectivity index (χ1n) is 8.62. The predicted molar refractivity (Wildman–Crippen MR) is 109 cm³/mol. The highest BCUT2D eigenvalue weighted by Gasteiger charge is 2.12. The van der Waals surface area contributed by atoms with Crippen LogP contribution in [-0.2, 0) is 9.53 Å². The fourth-order valence-corrected chi connectivity index (χ4v) is 2.89. The first-order valence-corrected chi connectivity index (χ1v) is 9.41. The van der Waals surface area contributed by atoms with E-state index < -0.39 is 11.8 Å². The molecule has 2 aromatic rings. The van der Waals surface area contributed by atoms with Crippen molar-refractivity contribution in [1.82, 2.24) is 10.9 Å². The molecular weight excluding hydrogens is 428 g/mol. The number of halogens is 1. The zero-order valence-corrected chi connectivity index (χ0v) is 17.6. The molecule has 0 saturated carbocycles. The summed E-state index contributed by atoms with van der Waals surface area (Å²) in [7, 11) is 1.59. The molecule has 2 N–H and O–H groups in total. The Morgan fingerprint density at radius 3 is 2.36 bits per heavy atom. The van der Waals surface area contributed by atoms with Gasteiger partial charge in [0.2, 0.25) is 0 Å². The molecule has 2 amide bonds. The Bertz CT molecular complexity index is 821. The second-order valence-electron chi connectivity index (χ2n) is 6.00. The average molecular weight is 451 g/mol. The zero-order valence-electron chi connectivity index (χ0n) is 16.0. The van der Waals surface area contributed by atoms with Crippen LogP contribution in [0.15, 0.2) is 40.9 Å². The number of hydrazine groups is 1. The Morgan fingerprint density at radius 1 is 1.00 bits per heavy atom. The number of hydrogen-bond donors (Lipinski definition) is 2. The Kier molecular flexibility index (Phi) is 8.28. The lowest BCUT2D eigenvalue weighted by Gasteiger charge is -2.13. The van der Waals surface area contributed by atoms with Crippen molar-refractivity contribution in [3.8, 4) is 11.5 Å². The van der Waals surface area contributed by atoms with Gasteiger partial charge in [-0.05, 0) is 59.1 Å². The van der Waals surface area contributed by atoms with Crippen LogP contribution in [0.3, 0.4) is 0 Å². The predicted octanol–water partition coefficient (Wildman–Crippen LogP) is 2.93. The molecule has 0 aliphatic heterocycles. The molecule has 0 fully saturated rings. The van der Waals surface area contributed by atoms with E-state index in [1.807, 2.05) is 32.0 Å². The van der Waals surface area contributed by atoms with Gasteiger partial charge in [-0.2, -0.15) is 0 Å². The maximum absolute atomic E-state index is 12.2. The van der Waals surface area contributed by atoms with Crippen LogP contribution in [0.4, 0.5) is 0 Å². The summed E-state index contributed by atoms with van der Waals surface area (Å²) in [6, 6.07) is 10.6. The average Bonchev–Trinajstić information content (AvgIpc) is 2.67. The van der Waals surface area contributed by atoms with Crippen LogP contribution < -0.4 is 20.3 Å². The summed E-state index contributed by atoms with van der Waals surface area (Å²) in [6.45, 7) is 4.47. The van der Waals surface area contributed by atoms with E-state index in [1.165, 1.54) is 0 Å². The van der Waals surface area contributed by atoms with Crippen molar-refractivity contribution in [3.63, 3.8) is 0 Å². The van der Waals surface area contributed by atoms with Crippen LogP contribution in [0.2, 0.25) is 0 Å². The molecule has 0 aliphatic carbocycles. The van der Waals surface area contributed by atoms with Gasteiger partial charge in [0, 0.05) is 12.7 Å². The Morgan fingerprint density at radius 2 is 1.71 bits per heavy atom. The second kappa shape index (κ2) is 10.7. The normalized spacial score (nSPS) is 10.3. The number of para-hydroxylation sites is 1. The Hall–Kier alpha value is -2.58. The molecule has 8 heteroatoms. The topological polar surface area (TPSA) is 85.9 Å². The van der Waals surface area contributed by atoms with Gasteiger partial charge in [0.1, 0.15) is 18.1 Å². The van der Waals surface area contributed by atoms with Gasteiger partial charge >= 0.3 is 0 Å². The summed E-state index contributed by atoms with van der Waals surface area (Å²) in [6.07, 6.45) is 0. The van der Waals surface area contributed by atoms with Crippen molar-refractivity contribution < 1.29 is 23.8 Å². The van der Waals surface area contributed by atoms with Gasteiger partial charge in [-0.25, -0.2) is 0 Å². The first kappa shape index (κ1) is 21.7. The molecule has 2 aromatic carbocycles. The number of carbonyl (C=O) groups is 2.